The number of hydrogen-bond acceptors (Lipinski definition) is 7. The number of likely N-dealkylation sites (tertiary alicyclic amines) is 1. The summed E-state index contributed by atoms with van der Waals surface area (Å²) in [6.45, 7) is 18.3. The average Bonchev–Trinajstić information content (AvgIpc) is 3.33. The van der Waals surface area contributed by atoms with Crippen LogP contribution in [0.15, 0.2) is 0 Å². The van der Waals surface area contributed by atoms with Crippen LogP contribution in [0.1, 0.15) is 106 Å². The van der Waals surface area contributed by atoms with Gasteiger partial charge in [-0.05, 0) is 102 Å². The van der Waals surface area contributed by atoms with Crippen LogP contribution in [0.3, 0.4) is 0 Å². The van der Waals surface area contributed by atoms with Crippen LogP contribution in [0, 0.1) is 29.1 Å². The summed E-state index contributed by atoms with van der Waals surface area (Å²) in [6, 6.07) is 0. The van der Waals surface area contributed by atoms with Crippen molar-refractivity contribution in [3.63, 3.8) is 0 Å². The molecule has 8 unspecified atom stereocenters. The summed E-state index contributed by atoms with van der Waals surface area (Å²) in [4.78, 5) is 18.8. The van der Waals surface area contributed by atoms with E-state index in [9.17, 15) is 4.79 Å². The maximum Gasteiger partial charge on any atom is 0.227 e. The Bertz CT molecular complexity index is 832. The standard InChI is InChI=1S/C31H58N6OS/c1-21-19-36(29(38)24(21)14-15-30(2,3)4)26-13-12-23-18-33-39-27-11-7-10-25(34-27)32-16-8-9-22-17-31(5,6)37(20-22)28(23)35-26/h21-28,32-35H,7-20H2,1-6H3/t21?,22-,23?,24?,25?,26?,27?,28?/m0/s1. The highest BCUT2D eigenvalue weighted by Crippen LogP contribution is 2.41. The first-order valence-electron chi connectivity index (χ1n) is 16.2. The van der Waals surface area contributed by atoms with Crippen molar-refractivity contribution in [3.8, 4) is 0 Å². The second kappa shape index (κ2) is 12.5. The van der Waals surface area contributed by atoms with Crippen molar-refractivity contribution in [1.29, 1.82) is 0 Å². The van der Waals surface area contributed by atoms with Gasteiger partial charge in [0.15, 0.2) is 0 Å². The van der Waals surface area contributed by atoms with Crippen molar-refractivity contribution in [2.75, 3.05) is 26.2 Å². The van der Waals surface area contributed by atoms with Crippen molar-refractivity contribution in [2.45, 2.75) is 135 Å². The highest BCUT2D eigenvalue weighted by atomic mass is 32.2. The smallest absolute Gasteiger partial charge is 0.227 e. The first-order valence-corrected chi connectivity index (χ1v) is 17.1. The zero-order valence-electron chi connectivity index (χ0n) is 25.7. The summed E-state index contributed by atoms with van der Waals surface area (Å²) >= 11 is 1.91. The highest BCUT2D eigenvalue weighted by molar-refractivity contribution is 7.98. The lowest BCUT2D eigenvalue weighted by Crippen LogP contribution is -2.65. The van der Waals surface area contributed by atoms with Gasteiger partial charge >= 0.3 is 0 Å². The molecule has 5 fully saturated rings. The van der Waals surface area contributed by atoms with Crippen molar-refractivity contribution >= 4 is 17.9 Å². The van der Waals surface area contributed by atoms with Crippen LogP contribution in [0.2, 0.25) is 0 Å². The van der Waals surface area contributed by atoms with Gasteiger partial charge in [-0.2, -0.15) is 0 Å². The Morgan fingerprint density at radius 3 is 2.64 bits per heavy atom. The van der Waals surface area contributed by atoms with Crippen LogP contribution in [0.4, 0.5) is 0 Å². The Kier molecular flexibility index (Phi) is 9.62. The number of nitrogens with zero attached hydrogens (tertiary/aromatic N) is 2. The number of piperidine rings is 2. The lowest BCUT2D eigenvalue weighted by atomic mass is 9.83. The Labute approximate surface area is 243 Å². The minimum atomic E-state index is 0.162. The molecule has 8 heteroatoms. The van der Waals surface area contributed by atoms with Crippen molar-refractivity contribution in [2.24, 2.45) is 29.1 Å². The molecular weight excluding hydrogens is 504 g/mol. The first kappa shape index (κ1) is 30.1. The van der Waals surface area contributed by atoms with Crippen LogP contribution >= 0.6 is 11.9 Å². The Balaban J connectivity index is 1.30. The lowest BCUT2D eigenvalue weighted by Gasteiger charge is -2.49. The fraction of sp³-hybridized carbons (Fsp3) is 0.968. The van der Waals surface area contributed by atoms with Crippen LogP contribution in [-0.2, 0) is 4.79 Å². The quantitative estimate of drug-likeness (QED) is 0.372. The molecule has 1 amide bonds. The van der Waals surface area contributed by atoms with Crippen LogP contribution in [0.5, 0.6) is 0 Å². The van der Waals surface area contributed by atoms with Crippen LogP contribution in [0.25, 0.3) is 0 Å². The third-order valence-electron chi connectivity index (χ3n) is 10.4. The second-order valence-corrected chi connectivity index (χ2v) is 16.5. The predicted octanol–water partition coefficient (Wildman–Crippen LogP) is 4.71. The molecule has 9 atom stereocenters. The van der Waals surface area contributed by atoms with E-state index in [0.717, 1.165) is 44.8 Å². The van der Waals surface area contributed by atoms with Gasteiger partial charge in [-0.25, -0.2) is 0 Å². The third kappa shape index (κ3) is 7.34. The molecular formula is C31H58N6OS. The minimum Gasteiger partial charge on any atom is -0.327 e. The minimum absolute atomic E-state index is 0.162. The maximum atomic E-state index is 13.7. The van der Waals surface area contributed by atoms with Crippen molar-refractivity contribution in [3.05, 3.63) is 0 Å². The number of rotatable bonds is 3. The van der Waals surface area contributed by atoms with Gasteiger partial charge in [0, 0.05) is 37.0 Å². The summed E-state index contributed by atoms with van der Waals surface area (Å²) in [6.07, 6.45) is 12.9. The van der Waals surface area contributed by atoms with E-state index in [2.05, 4.69) is 72.0 Å². The lowest BCUT2D eigenvalue weighted by molar-refractivity contribution is -0.136. The molecule has 5 aliphatic heterocycles. The fourth-order valence-corrected chi connectivity index (χ4v) is 9.21. The molecule has 5 heterocycles. The third-order valence-corrected chi connectivity index (χ3v) is 11.4. The Morgan fingerprint density at radius 1 is 1.03 bits per heavy atom. The van der Waals surface area contributed by atoms with E-state index in [1.165, 1.54) is 51.5 Å². The zero-order chi connectivity index (χ0) is 27.8. The van der Waals surface area contributed by atoms with Gasteiger partial charge in [0.25, 0.3) is 0 Å². The molecule has 5 aliphatic rings. The van der Waals surface area contributed by atoms with Crippen molar-refractivity contribution in [1.82, 2.24) is 30.5 Å². The molecule has 0 spiro atoms. The predicted molar refractivity (Wildman–Crippen MR) is 163 cm³/mol. The number of carbonyl (C=O) groups is 1. The summed E-state index contributed by atoms with van der Waals surface area (Å²) in [5.41, 5.74) is 0.455. The van der Waals surface area contributed by atoms with Crippen LogP contribution < -0.4 is 20.7 Å². The molecule has 0 aromatic carbocycles. The van der Waals surface area contributed by atoms with E-state index in [1.807, 2.05) is 11.9 Å². The Hall–Kier alpha value is -0.380. The molecule has 0 radical (unpaired) electrons. The van der Waals surface area contributed by atoms with Crippen LogP contribution in [-0.4, -0.2) is 71.3 Å². The normalized spacial score (nSPS) is 42.1. The highest BCUT2D eigenvalue weighted by Gasteiger charge is 2.48. The van der Waals surface area contributed by atoms with Crippen molar-refractivity contribution < 1.29 is 4.79 Å². The number of fused-ring (bicyclic) bond motifs is 6. The van der Waals surface area contributed by atoms with Gasteiger partial charge in [0.1, 0.15) is 0 Å². The molecule has 5 rings (SSSR count). The van der Waals surface area contributed by atoms with E-state index in [1.54, 1.807) is 0 Å². The SMILES string of the molecule is CC1CN(C2CCC3CNSC4CCCC(NCCC[C@@H]5CN(C3N2)C(C)(C)C5)N4)C(=O)C1CCC(C)(C)C. The molecule has 5 saturated heterocycles. The number of hydrogen-bond donors (Lipinski definition) is 4. The van der Waals surface area contributed by atoms with Gasteiger partial charge in [-0.15, -0.1) is 0 Å². The molecule has 0 saturated carbocycles. The summed E-state index contributed by atoms with van der Waals surface area (Å²) < 4.78 is 3.81. The average molecular weight is 563 g/mol. The van der Waals surface area contributed by atoms with E-state index < -0.39 is 0 Å². The van der Waals surface area contributed by atoms with Gasteiger partial charge in [0.2, 0.25) is 5.91 Å². The molecule has 224 valence electrons. The van der Waals surface area contributed by atoms with E-state index in [4.69, 9.17) is 0 Å². The molecule has 0 aromatic heterocycles. The summed E-state index contributed by atoms with van der Waals surface area (Å²) in [7, 11) is 0. The fourth-order valence-electron chi connectivity index (χ4n) is 8.18. The zero-order valence-corrected chi connectivity index (χ0v) is 26.5. The van der Waals surface area contributed by atoms with Gasteiger partial charge in [-0.1, -0.05) is 39.6 Å². The van der Waals surface area contributed by atoms with Gasteiger partial charge in [-0.3, -0.25) is 25.1 Å². The second-order valence-electron chi connectivity index (χ2n) is 15.4. The largest absolute Gasteiger partial charge is 0.327 e. The number of nitrogens with one attached hydrogen (secondary N) is 4. The van der Waals surface area contributed by atoms with E-state index >= 15 is 0 Å². The number of carbonyl (C=O) groups excluding carboxylic acids is 1. The number of amides is 1. The van der Waals surface area contributed by atoms with E-state index in [0.29, 0.717) is 35.4 Å². The maximum absolute atomic E-state index is 13.7. The molecule has 4 N–H and O–H groups in total. The van der Waals surface area contributed by atoms with Gasteiger partial charge in [0.05, 0.1) is 23.9 Å². The summed E-state index contributed by atoms with van der Waals surface area (Å²) in [5.74, 6) is 2.32. The first-order chi connectivity index (χ1) is 18.5. The van der Waals surface area contributed by atoms with E-state index in [-0.39, 0.29) is 23.0 Å². The molecule has 4 bridgehead atoms. The molecule has 39 heavy (non-hydrogen) atoms. The molecule has 0 aliphatic carbocycles. The van der Waals surface area contributed by atoms with Gasteiger partial charge < -0.3 is 10.2 Å². The Morgan fingerprint density at radius 2 is 1.85 bits per heavy atom. The monoisotopic (exact) mass is 562 g/mol. The molecule has 0 aromatic rings. The molecule has 7 nitrogen and oxygen atoms in total. The summed E-state index contributed by atoms with van der Waals surface area (Å²) in [5, 5.41) is 12.2. The topological polar surface area (TPSA) is 71.7 Å².